The van der Waals surface area contributed by atoms with Crippen molar-refractivity contribution in [3.8, 4) is 0 Å². The van der Waals surface area contributed by atoms with Gasteiger partial charge in [0.15, 0.2) is 5.11 Å². The first-order valence-electron chi connectivity index (χ1n) is 5.54. The summed E-state index contributed by atoms with van der Waals surface area (Å²) < 4.78 is 13.0. The van der Waals surface area contributed by atoms with E-state index in [2.05, 4.69) is 15.6 Å². The fraction of sp³-hybridized carbons (Fsp3) is 0.0769. The number of hydrogen-bond acceptors (Lipinski definition) is 2. The molecular weight excluding hydrogens is 285 g/mol. The minimum Gasteiger partial charge on any atom is -0.358 e. The van der Waals surface area contributed by atoms with Crippen LogP contribution in [0.3, 0.4) is 0 Å². The molecule has 2 rings (SSSR count). The fourth-order valence-corrected chi connectivity index (χ4v) is 1.80. The third kappa shape index (κ3) is 4.15. The SMILES string of the molecule is Fc1ccc(NC(=S)NCc2ccncc2)cc1Cl. The Labute approximate surface area is 120 Å². The molecule has 6 heteroatoms. The van der Waals surface area contributed by atoms with Crippen LogP contribution in [0.4, 0.5) is 10.1 Å². The normalized spacial score (nSPS) is 10.0. The maximum absolute atomic E-state index is 13.0. The van der Waals surface area contributed by atoms with E-state index >= 15 is 0 Å². The highest BCUT2D eigenvalue weighted by Gasteiger charge is 2.02. The number of anilines is 1. The number of hydrogen-bond donors (Lipinski definition) is 2. The van der Waals surface area contributed by atoms with E-state index in [1.54, 1.807) is 18.5 Å². The highest BCUT2D eigenvalue weighted by atomic mass is 35.5. The molecule has 0 aliphatic carbocycles. The van der Waals surface area contributed by atoms with Crippen LogP contribution in [-0.4, -0.2) is 10.1 Å². The second-order valence-corrected chi connectivity index (χ2v) is 4.61. The standard InChI is InChI=1S/C13H11ClFN3S/c14-11-7-10(1-2-12(11)15)18-13(19)17-8-9-3-5-16-6-4-9/h1-7H,8H2,(H2,17,18,19). The zero-order valence-electron chi connectivity index (χ0n) is 9.86. The van der Waals surface area contributed by atoms with Gasteiger partial charge in [0.2, 0.25) is 0 Å². The van der Waals surface area contributed by atoms with Gasteiger partial charge in [-0.15, -0.1) is 0 Å². The number of aromatic nitrogens is 1. The van der Waals surface area contributed by atoms with Gasteiger partial charge in [0, 0.05) is 24.6 Å². The zero-order valence-corrected chi connectivity index (χ0v) is 11.4. The summed E-state index contributed by atoms with van der Waals surface area (Å²) in [7, 11) is 0. The Morgan fingerprint density at radius 1 is 1.26 bits per heavy atom. The third-order valence-electron chi connectivity index (χ3n) is 2.38. The van der Waals surface area contributed by atoms with Gasteiger partial charge in [0.25, 0.3) is 0 Å². The van der Waals surface area contributed by atoms with E-state index in [1.165, 1.54) is 12.1 Å². The number of halogens is 2. The van der Waals surface area contributed by atoms with E-state index in [-0.39, 0.29) is 5.02 Å². The van der Waals surface area contributed by atoms with Gasteiger partial charge in [-0.05, 0) is 48.1 Å². The number of nitrogens with one attached hydrogen (secondary N) is 2. The van der Waals surface area contributed by atoms with Crippen LogP contribution in [0.5, 0.6) is 0 Å². The average Bonchev–Trinajstić information content (AvgIpc) is 2.42. The lowest BCUT2D eigenvalue weighted by Gasteiger charge is -2.10. The molecule has 1 aromatic heterocycles. The second kappa shape index (κ2) is 6.45. The highest BCUT2D eigenvalue weighted by Crippen LogP contribution is 2.19. The Morgan fingerprint density at radius 2 is 2.00 bits per heavy atom. The molecule has 1 heterocycles. The van der Waals surface area contributed by atoms with Crippen molar-refractivity contribution in [2.45, 2.75) is 6.54 Å². The number of thiocarbonyl (C=S) groups is 1. The molecule has 0 amide bonds. The van der Waals surface area contributed by atoms with Gasteiger partial charge in [-0.3, -0.25) is 4.98 Å². The molecule has 2 N–H and O–H groups in total. The number of pyridine rings is 1. The predicted molar refractivity (Wildman–Crippen MR) is 78.7 cm³/mol. The summed E-state index contributed by atoms with van der Waals surface area (Å²) in [6.45, 7) is 0.587. The monoisotopic (exact) mass is 295 g/mol. The molecule has 0 bridgehead atoms. The summed E-state index contributed by atoms with van der Waals surface area (Å²) in [5.74, 6) is -0.456. The largest absolute Gasteiger partial charge is 0.358 e. The molecule has 0 radical (unpaired) electrons. The summed E-state index contributed by atoms with van der Waals surface area (Å²) in [5.41, 5.74) is 1.70. The second-order valence-electron chi connectivity index (χ2n) is 3.79. The smallest absolute Gasteiger partial charge is 0.171 e. The van der Waals surface area contributed by atoms with Crippen molar-refractivity contribution in [1.29, 1.82) is 0 Å². The van der Waals surface area contributed by atoms with E-state index in [0.717, 1.165) is 5.56 Å². The lowest BCUT2D eigenvalue weighted by atomic mass is 10.3. The lowest BCUT2D eigenvalue weighted by molar-refractivity contribution is 0.628. The Bertz CT molecular complexity index is 577. The number of benzene rings is 1. The van der Waals surface area contributed by atoms with Gasteiger partial charge in [-0.1, -0.05) is 11.6 Å². The predicted octanol–water partition coefficient (Wildman–Crippen LogP) is 3.36. The minimum absolute atomic E-state index is 0.0573. The van der Waals surface area contributed by atoms with Crippen molar-refractivity contribution in [2.75, 3.05) is 5.32 Å². The molecule has 0 spiro atoms. The van der Waals surface area contributed by atoms with Gasteiger partial charge in [-0.2, -0.15) is 0 Å². The van der Waals surface area contributed by atoms with Crippen LogP contribution in [0.15, 0.2) is 42.7 Å². The third-order valence-corrected chi connectivity index (χ3v) is 2.92. The zero-order chi connectivity index (χ0) is 13.7. The Morgan fingerprint density at radius 3 is 2.68 bits per heavy atom. The van der Waals surface area contributed by atoms with Crippen LogP contribution in [0.2, 0.25) is 5.02 Å². The molecule has 0 saturated heterocycles. The maximum atomic E-state index is 13.0. The van der Waals surface area contributed by atoms with Crippen LogP contribution in [0.1, 0.15) is 5.56 Å². The van der Waals surface area contributed by atoms with Crippen molar-refractivity contribution in [3.63, 3.8) is 0 Å². The first-order chi connectivity index (χ1) is 9.15. The molecular formula is C13H11ClFN3S. The van der Waals surface area contributed by atoms with Gasteiger partial charge in [0.1, 0.15) is 5.82 Å². The molecule has 3 nitrogen and oxygen atoms in total. The van der Waals surface area contributed by atoms with Crippen LogP contribution in [0.25, 0.3) is 0 Å². The van der Waals surface area contributed by atoms with Gasteiger partial charge >= 0.3 is 0 Å². The number of nitrogens with zero attached hydrogens (tertiary/aromatic N) is 1. The maximum Gasteiger partial charge on any atom is 0.171 e. The van der Waals surface area contributed by atoms with Crippen molar-refractivity contribution < 1.29 is 4.39 Å². The molecule has 0 aliphatic heterocycles. The average molecular weight is 296 g/mol. The molecule has 0 fully saturated rings. The fourth-order valence-electron chi connectivity index (χ4n) is 1.43. The molecule has 0 atom stereocenters. The lowest BCUT2D eigenvalue weighted by Crippen LogP contribution is -2.27. The first-order valence-corrected chi connectivity index (χ1v) is 6.32. The molecule has 1 aromatic carbocycles. The van der Waals surface area contributed by atoms with E-state index in [4.69, 9.17) is 23.8 Å². The highest BCUT2D eigenvalue weighted by molar-refractivity contribution is 7.80. The molecule has 0 aliphatic rings. The van der Waals surface area contributed by atoms with Crippen molar-refractivity contribution >= 4 is 34.6 Å². The van der Waals surface area contributed by atoms with Crippen molar-refractivity contribution in [3.05, 3.63) is 59.1 Å². The van der Waals surface area contributed by atoms with Crippen molar-refractivity contribution in [1.82, 2.24) is 10.3 Å². The van der Waals surface area contributed by atoms with E-state index in [1.807, 2.05) is 12.1 Å². The summed E-state index contributed by atoms with van der Waals surface area (Å²) in [5, 5.41) is 6.47. The summed E-state index contributed by atoms with van der Waals surface area (Å²) in [4.78, 5) is 3.93. The quantitative estimate of drug-likeness (QED) is 0.852. The molecule has 0 unspecified atom stereocenters. The minimum atomic E-state index is -0.456. The van der Waals surface area contributed by atoms with E-state index < -0.39 is 5.82 Å². The van der Waals surface area contributed by atoms with E-state index in [9.17, 15) is 4.39 Å². The molecule has 19 heavy (non-hydrogen) atoms. The summed E-state index contributed by atoms with van der Waals surface area (Å²) in [6, 6.07) is 8.13. The van der Waals surface area contributed by atoms with E-state index in [0.29, 0.717) is 17.3 Å². The molecule has 0 saturated carbocycles. The number of rotatable bonds is 3. The molecule has 98 valence electrons. The topological polar surface area (TPSA) is 37.0 Å². The van der Waals surface area contributed by atoms with Crippen molar-refractivity contribution in [2.24, 2.45) is 0 Å². The Kier molecular flexibility index (Phi) is 4.65. The van der Waals surface area contributed by atoms with Gasteiger partial charge in [0.05, 0.1) is 5.02 Å². The van der Waals surface area contributed by atoms with Crippen LogP contribution in [-0.2, 0) is 6.54 Å². The Hall–Kier alpha value is -1.72. The van der Waals surface area contributed by atoms with Crippen LogP contribution < -0.4 is 10.6 Å². The summed E-state index contributed by atoms with van der Waals surface area (Å²) in [6.07, 6.45) is 3.43. The van der Waals surface area contributed by atoms with Crippen LogP contribution >= 0.6 is 23.8 Å². The summed E-state index contributed by atoms with van der Waals surface area (Å²) >= 11 is 10.8. The van der Waals surface area contributed by atoms with Crippen LogP contribution in [0, 0.1) is 5.82 Å². The first kappa shape index (κ1) is 13.7. The van der Waals surface area contributed by atoms with Gasteiger partial charge < -0.3 is 10.6 Å². The Balaban J connectivity index is 1.89. The van der Waals surface area contributed by atoms with Gasteiger partial charge in [-0.25, -0.2) is 4.39 Å². The molecule has 2 aromatic rings.